The van der Waals surface area contributed by atoms with Gasteiger partial charge in [-0.3, -0.25) is 4.99 Å². The molecule has 0 unspecified atom stereocenters. The maximum Gasteiger partial charge on any atom is 0.193 e. The predicted octanol–water partition coefficient (Wildman–Crippen LogP) is 3.62. The molecule has 138 valence electrons. The summed E-state index contributed by atoms with van der Waals surface area (Å²) in [5.74, 6) is 1.68. The van der Waals surface area contributed by atoms with Gasteiger partial charge in [0.1, 0.15) is 0 Å². The first-order valence-corrected chi connectivity index (χ1v) is 8.63. The molecule has 1 heterocycles. The zero-order valence-corrected chi connectivity index (χ0v) is 18.1. The predicted molar refractivity (Wildman–Crippen MR) is 115 cm³/mol. The van der Waals surface area contributed by atoms with Crippen LogP contribution in [0.5, 0.6) is 11.5 Å². The number of ether oxygens (including phenoxy) is 2. The zero-order valence-electron chi connectivity index (χ0n) is 15.0. The number of methoxy groups -OCH3 is 2. The Bertz CT molecular complexity index is 719. The third-order valence-corrected chi connectivity index (χ3v) is 4.61. The third kappa shape index (κ3) is 6.03. The van der Waals surface area contributed by atoms with Crippen LogP contribution in [0.2, 0.25) is 0 Å². The van der Waals surface area contributed by atoms with E-state index >= 15 is 0 Å². The van der Waals surface area contributed by atoms with Crippen molar-refractivity contribution in [3.8, 4) is 11.5 Å². The fourth-order valence-electron chi connectivity index (χ4n) is 2.30. The number of aryl methyl sites for hydroxylation is 2. The van der Waals surface area contributed by atoms with Crippen LogP contribution in [0.4, 0.5) is 5.69 Å². The zero-order chi connectivity index (χ0) is 17.5. The largest absolute Gasteiger partial charge is 0.493 e. The van der Waals surface area contributed by atoms with Gasteiger partial charge in [-0.05, 0) is 25.5 Å². The minimum absolute atomic E-state index is 0. The average Bonchev–Trinajstić information content (AvgIpc) is 2.94. The highest BCUT2D eigenvalue weighted by Crippen LogP contribution is 2.29. The lowest BCUT2D eigenvalue weighted by Gasteiger charge is -2.10. The lowest BCUT2D eigenvalue weighted by atomic mass is 10.3. The van der Waals surface area contributed by atoms with Gasteiger partial charge in [0, 0.05) is 29.6 Å². The summed E-state index contributed by atoms with van der Waals surface area (Å²) in [5.41, 5.74) is 7.92. The van der Waals surface area contributed by atoms with E-state index in [1.54, 1.807) is 25.6 Å². The summed E-state index contributed by atoms with van der Waals surface area (Å²) in [4.78, 5) is 10.2. The van der Waals surface area contributed by atoms with E-state index in [0.717, 1.165) is 23.5 Å². The number of aromatic nitrogens is 1. The molecule has 0 spiro atoms. The first-order chi connectivity index (χ1) is 11.6. The second-order valence-electron chi connectivity index (χ2n) is 5.18. The lowest BCUT2D eigenvalue weighted by molar-refractivity contribution is 0.355. The Balaban J connectivity index is 0.00000312. The molecular weight excluding hydrogens is 451 g/mol. The molecule has 0 aliphatic heterocycles. The molecule has 1 aromatic heterocycles. The van der Waals surface area contributed by atoms with Crippen LogP contribution in [0.15, 0.2) is 23.2 Å². The van der Waals surface area contributed by atoms with Crippen LogP contribution in [0, 0.1) is 6.92 Å². The second-order valence-corrected chi connectivity index (χ2v) is 6.46. The number of hydrogen-bond donors (Lipinski definition) is 2. The fourth-order valence-corrected chi connectivity index (χ4v) is 3.31. The van der Waals surface area contributed by atoms with Gasteiger partial charge in [-0.1, -0.05) is 6.92 Å². The summed E-state index contributed by atoms with van der Waals surface area (Å²) in [6.45, 7) is 4.83. The molecule has 6 nitrogen and oxygen atoms in total. The Morgan fingerprint density at radius 1 is 1.28 bits per heavy atom. The van der Waals surface area contributed by atoms with Gasteiger partial charge in [0.2, 0.25) is 0 Å². The summed E-state index contributed by atoms with van der Waals surface area (Å²) in [5, 5.41) is 4.16. The van der Waals surface area contributed by atoms with E-state index < -0.39 is 0 Å². The Morgan fingerprint density at radius 2 is 2.00 bits per heavy atom. The number of benzene rings is 1. The highest BCUT2D eigenvalue weighted by atomic mass is 127. The summed E-state index contributed by atoms with van der Waals surface area (Å²) in [7, 11) is 3.20. The van der Waals surface area contributed by atoms with E-state index in [4.69, 9.17) is 15.2 Å². The summed E-state index contributed by atoms with van der Waals surface area (Å²) in [6.07, 6.45) is 1.76. The van der Waals surface area contributed by atoms with Crippen molar-refractivity contribution in [2.45, 2.75) is 26.7 Å². The molecule has 0 bridgehead atoms. The van der Waals surface area contributed by atoms with E-state index in [9.17, 15) is 0 Å². The van der Waals surface area contributed by atoms with Gasteiger partial charge < -0.3 is 20.5 Å². The Kier molecular flexibility index (Phi) is 8.98. The van der Waals surface area contributed by atoms with Crippen LogP contribution in [0.3, 0.4) is 0 Å². The molecule has 25 heavy (non-hydrogen) atoms. The van der Waals surface area contributed by atoms with Crippen LogP contribution in [-0.2, 0) is 12.8 Å². The minimum Gasteiger partial charge on any atom is -0.493 e. The smallest absolute Gasteiger partial charge is 0.193 e. The maximum atomic E-state index is 5.94. The number of aliphatic imine (C=N–C) groups is 1. The first-order valence-electron chi connectivity index (χ1n) is 7.81. The van der Waals surface area contributed by atoms with E-state index in [0.29, 0.717) is 24.0 Å². The van der Waals surface area contributed by atoms with Crippen molar-refractivity contribution in [2.75, 3.05) is 26.1 Å². The topological polar surface area (TPSA) is 81.8 Å². The number of thiazole rings is 1. The van der Waals surface area contributed by atoms with Gasteiger partial charge in [-0.2, -0.15) is 0 Å². The highest BCUT2D eigenvalue weighted by molar-refractivity contribution is 14.0. The standard InChI is InChI=1S/C17H24N4O2S.HI/c1-5-13-11(2)24-16(21-13)8-9-19-17(18)20-12-6-7-14(22-3)15(10-12)23-4;/h6-7,10H,5,8-9H2,1-4H3,(H3,18,19,20);1H. The van der Waals surface area contributed by atoms with Crippen LogP contribution in [0.1, 0.15) is 22.5 Å². The molecule has 3 N–H and O–H groups in total. The van der Waals surface area contributed by atoms with Crippen molar-refractivity contribution in [2.24, 2.45) is 10.7 Å². The molecule has 0 saturated heterocycles. The highest BCUT2D eigenvalue weighted by Gasteiger charge is 2.06. The number of nitrogens with one attached hydrogen (secondary N) is 1. The van der Waals surface area contributed by atoms with Crippen molar-refractivity contribution in [3.05, 3.63) is 33.8 Å². The average molecular weight is 476 g/mol. The van der Waals surface area contributed by atoms with Gasteiger partial charge in [0.05, 0.1) is 24.9 Å². The van der Waals surface area contributed by atoms with Crippen molar-refractivity contribution >= 4 is 47.0 Å². The SMILES string of the molecule is CCc1nc(CCN=C(N)Nc2ccc(OC)c(OC)c2)sc1C.I. The van der Waals surface area contributed by atoms with E-state index in [1.807, 2.05) is 18.2 Å². The quantitative estimate of drug-likeness (QED) is 0.363. The normalized spacial score (nSPS) is 11.0. The summed E-state index contributed by atoms with van der Waals surface area (Å²) in [6, 6.07) is 5.50. The van der Waals surface area contributed by atoms with Crippen LogP contribution >= 0.6 is 35.3 Å². The molecule has 0 atom stereocenters. The molecule has 0 radical (unpaired) electrons. The van der Waals surface area contributed by atoms with Crippen LogP contribution in [0.25, 0.3) is 0 Å². The number of nitrogens with two attached hydrogens (primary N) is 1. The monoisotopic (exact) mass is 476 g/mol. The molecule has 0 fully saturated rings. The Hall–Kier alpha value is -1.55. The second kappa shape index (κ2) is 10.4. The maximum absolute atomic E-state index is 5.94. The Morgan fingerprint density at radius 3 is 2.60 bits per heavy atom. The molecule has 0 aliphatic carbocycles. The number of anilines is 1. The molecule has 2 aromatic rings. The number of guanidine groups is 1. The van der Waals surface area contributed by atoms with E-state index in [2.05, 4.69) is 29.1 Å². The van der Waals surface area contributed by atoms with Crippen LogP contribution < -0.4 is 20.5 Å². The van der Waals surface area contributed by atoms with Gasteiger partial charge in [0.15, 0.2) is 17.5 Å². The van der Waals surface area contributed by atoms with Crippen molar-refractivity contribution in [1.82, 2.24) is 4.98 Å². The van der Waals surface area contributed by atoms with Crippen molar-refractivity contribution < 1.29 is 9.47 Å². The molecule has 1 aromatic carbocycles. The van der Waals surface area contributed by atoms with Crippen molar-refractivity contribution in [1.29, 1.82) is 0 Å². The molecule has 0 amide bonds. The number of hydrogen-bond acceptors (Lipinski definition) is 5. The van der Waals surface area contributed by atoms with Gasteiger partial charge in [0.25, 0.3) is 0 Å². The van der Waals surface area contributed by atoms with Gasteiger partial charge >= 0.3 is 0 Å². The first kappa shape index (κ1) is 21.5. The van der Waals surface area contributed by atoms with E-state index in [1.165, 1.54) is 10.6 Å². The molecule has 8 heteroatoms. The summed E-state index contributed by atoms with van der Waals surface area (Å²) >= 11 is 1.73. The number of rotatable bonds is 7. The van der Waals surface area contributed by atoms with E-state index in [-0.39, 0.29) is 24.0 Å². The van der Waals surface area contributed by atoms with Gasteiger partial charge in [-0.15, -0.1) is 35.3 Å². The van der Waals surface area contributed by atoms with Crippen LogP contribution in [-0.4, -0.2) is 31.7 Å². The third-order valence-electron chi connectivity index (χ3n) is 3.54. The number of nitrogens with zero attached hydrogens (tertiary/aromatic N) is 2. The Labute approximate surface area is 169 Å². The fraction of sp³-hybridized carbons (Fsp3) is 0.412. The minimum atomic E-state index is 0. The molecule has 2 rings (SSSR count). The lowest BCUT2D eigenvalue weighted by Crippen LogP contribution is -2.23. The van der Waals surface area contributed by atoms with Crippen molar-refractivity contribution in [3.63, 3.8) is 0 Å². The number of halogens is 1. The molecular formula is C17H25IN4O2S. The molecule has 0 aliphatic rings. The molecule has 0 saturated carbocycles. The summed E-state index contributed by atoms with van der Waals surface area (Å²) < 4.78 is 10.5. The van der Waals surface area contributed by atoms with Gasteiger partial charge in [-0.25, -0.2) is 4.98 Å².